The van der Waals surface area contributed by atoms with Crippen molar-refractivity contribution in [1.29, 1.82) is 0 Å². The Morgan fingerprint density at radius 3 is 2.75 bits per heavy atom. The summed E-state index contributed by atoms with van der Waals surface area (Å²) < 4.78 is 24.3. The molecular formula is C20H19FN2O4S. The molecule has 1 amide bonds. The quantitative estimate of drug-likeness (QED) is 0.633. The van der Waals surface area contributed by atoms with Crippen LogP contribution in [0.2, 0.25) is 0 Å². The molecule has 146 valence electrons. The first-order valence-electron chi connectivity index (χ1n) is 8.42. The Morgan fingerprint density at radius 1 is 1.25 bits per heavy atom. The van der Waals surface area contributed by atoms with Crippen LogP contribution in [0.4, 0.5) is 4.39 Å². The molecule has 28 heavy (non-hydrogen) atoms. The third kappa shape index (κ3) is 4.29. The molecule has 2 aromatic carbocycles. The molecule has 0 saturated carbocycles. The molecule has 1 atom stereocenters. The normalized spacial score (nSPS) is 11.7. The van der Waals surface area contributed by atoms with Crippen molar-refractivity contribution >= 4 is 17.2 Å². The number of amides is 1. The molecule has 0 aliphatic carbocycles. The summed E-state index contributed by atoms with van der Waals surface area (Å²) in [4.78, 5) is 16.6. The minimum absolute atomic E-state index is 0.0467. The summed E-state index contributed by atoms with van der Waals surface area (Å²) in [5, 5.41) is 15.0. The number of carbonyl (C=O) groups is 1. The lowest BCUT2D eigenvalue weighted by Gasteiger charge is -2.16. The highest BCUT2D eigenvalue weighted by molar-refractivity contribution is 7.13. The van der Waals surface area contributed by atoms with Gasteiger partial charge >= 0.3 is 0 Å². The number of hydrogen-bond acceptors (Lipinski definition) is 6. The predicted octanol–water partition coefficient (Wildman–Crippen LogP) is 3.43. The molecule has 0 fully saturated rings. The minimum atomic E-state index is -1.00. The van der Waals surface area contributed by atoms with E-state index in [1.165, 1.54) is 31.6 Å². The number of aliphatic hydroxyl groups is 1. The van der Waals surface area contributed by atoms with Crippen molar-refractivity contribution in [3.8, 4) is 22.1 Å². The molecule has 1 aromatic heterocycles. The molecule has 3 rings (SSSR count). The third-order valence-electron chi connectivity index (χ3n) is 4.09. The highest BCUT2D eigenvalue weighted by atomic mass is 32.1. The van der Waals surface area contributed by atoms with Crippen LogP contribution in [0.15, 0.2) is 47.8 Å². The van der Waals surface area contributed by atoms with Crippen LogP contribution in [0.25, 0.3) is 10.6 Å². The Kier molecular flexibility index (Phi) is 6.23. The summed E-state index contributed by atoms with van der Waals surface area (Å²) in [6, 6.07) is 11.3. The molecule has 1 unspecified atom stereocenters. The monoisotopic (exact) mass is 402 g/mol. The van der Waals surface area contributed by atoms with Gasteiger partial charge in [0, 0.05) is 23.1 Å². The maximum Gasteiger partial charge on any atom is 0.270 e. The minimum Gasteiger partial charge on any atom is -0.497 e. The second kappa shape index (κ2) is 8.81. The van der Waals surface area contributed by atoms with Gasteiger partial charge < -0.3 is 19.9 Å². The maximum atomic E-state index is 13.9. The van der Waals surface area contributed by atoms with E-state index >= 15 is 0 Å². The molecule has 0 bridgehead atoms. The second-order valence-corrected chi connectivity index (χ2v) is 6.71. The zero-order chi connectivity index (χ0) is 20.1. The molecule has 0 spiro atoms. The maximum absolute atomic E-state index is 13.9. The van der Waals surface area contributed by atoms with Gasteiger partial charge in [0.15, 0.2) is 0 Å². The zero-order valence-electron chi connectivity index (χ0n) is 15.3. The summed E-state index contributed by atoms with van der Waals surface area (Å²) in [7, 11) is 3.02. The third-order valence-corrected chi connectivity index (χ3v) is 4.97. The molecule has 0 aliphatic rings. The fourth-order valence-corrected chi connectivity index (χ4v) is 3.45. The van der Waals surface area contributed by atoms with Gasteiger partial charge in [-0.3, -0.25) is 4.79 Å². The van der Waals surface area contributed by atoms with Crippen molar-refractivity contribution in [3.05, 3.63) is 64.9 Å². The van der Waals surface area contributed by atoms with Gasteiger partial charge in [0.1, 0.15) is 34.1 Å². The van der Waals surface area contributed by atoms with Crippen LogP contribution in [0, 0.1) is 5.82 Å². The molecule has 2 N–H and O–H groups in total. The molecule has 1 heterocycles. The first kappa shape index (κ1) is 19.8. The Bertz CT molecular complexity index is 976. The number of aliphatic hydroxyl groups excluding tert-OH is 1. The van der Waals surface area contributed by atoms with Gasteiger partial charge in [-0.1, -0.05) is 12.1 Å². The van der Waals surface area contributed by atoms with Gasteiger partial charge in [-0.25, -0.2) is 9.37 Å². The fourth-order valence-electron chi connectivity index (χ4n) is 2.63. The van der Waals surface area contributed by atoms with Gasteiger partial charge in [-0.2, -0.15) is 0 Å². The van der Waals surface area contributed by atoms with Crippen molar-refractivity contribution in [3.63, 3.8) is 0 Å². The molecule has 0 aliphatic heterocycles. The smallest absolute Gasteiger partial charge is 0.270 e. The summed E-state index contributed by atoms with van der Waals surface area (Å²) in [5.41, 5.74) is 0.994. The predicted molar refractivity (Wildman–Crippen MR) is 104 cm³/mol. The number of methoxy groups -OCH3 is 2. The number of hydrogen-bond donors (Lipinski definition) is 2. The lowest BCUT2D eigenvalue weighted by atomic mass is 10.1. The number of thiazole rings is 1. The number of carbonyl (C=O) groups excluding carboxylic acids is 1. The fraction of sp³-hybridized carbons (Fsp3) is 0.200. The molecular weight excluding hydrogens is 383 g/mol. The Morgan fingerprint density at radius 2 is 2.04 bits per heavy atom. The van der Waals surface area contributed by atoms with Crippen molar-refractivity contribution < 1.29 is 23.8 Å². The summed E-state index contributed by atoms with van der Waals surface area (Å²) >= 11 is 1.18. The van der Waals surface area contributed by atoms with Crippen LogP contribution in [0.3, 0.4) is 0 Å². The molecule has 6 nitrogen and oxygen atoms in total. The average Bonchev–Trinajstić information content (AvgIpc) is 3.21. The first-order valence-corrected chi connectivity index (χ1v) is 9.30. The van der Waals surface area contributed by atoms with Crippen LogP contribution in [-0.4, -0.2) is 36.8 Å². The van der Waals surface area contributed by atoms with Gasteiger partial charge in [0.25, 0.3) is 5.91 Å². The van der Waals surface area contributed by atoms with Crippen LogP contribution >= 0.6 is 11.3 Å². The molecule has 3 aromatic rings. The standard InChI is InChI=1S/C20H19FN2O4S/c1-26-12-7-8-18(27-2)14(9-12)17(24)10-22-19(25)16-11-28-20(23-16)13-5-3-4-6-15(13)21/h3-9,11,17,24H,10H2,1-2H3,(H,22,25). The Hall–Kier alpha value is -2.97. The second-order valence-electron chi connectivity index (χ2n) is 5.85. The van der Waals surface area contributed by atoms with E-state index in [9.17, 15) is 14.3 Å². The highest BCUT2D eigenvalue weighted by Crippen LogP contribution is 2.29. The Labute approximate surface area is 165 Å². The van der Waals surface area contributed by atoms with Crippen molar-refractivity contribution in [2.24, 2.45) is 0 Å². The number of halogens is 1. The summed E-state index contributed by atoms with van der Waals surface area (Å²) in [5.74, 6) is 0.192. The lowest BCUT2D eigenvalue weighted by molar-refractivity contribution is 0.0910. The number of aromatic nitrogens is 1. The molecule has 0 radical (unpaired) electrons. The average molecular weight is 402 g/mol. The van der Waals surface area contributed by atoms with E-state index in [-0.39, 0.29) is 12.2 Å². The van der Waals surface area contributed by atoms with E-state index in [4.69, 9.17) is 9.47 Å². The first-order chi connectivity index (χ1) is 13.5. The summed E-state index contributed by atoms with van der Waals surface area (Å²) in [6.07, 6.45) is -1.00. The van der Waals surface area contributed by atoms with E-state index in [2.05, 4.69) is 10.3 Å². The number of nitrogens with one attached hydrogen (secondary N) is 1. The number of ether oxygens (including phenoxy) is 2. The number of benzene rings is 2. The van der Waals surface area contributed by atoms with E-state index in [0.717, 1.165) is 0 Å². The van der Waals surface area contributed by atoms with Gasteiger partial charge in [0.05, 0.1) is 14.2 Å². The van der Waals surface area contributed by atoms with Crippen LogP contribution in [-0.2, 0) is 0 Å². The molecule has 8 heteroatoms. The van der Waals surface area contributed by atoms with Crippen LogP contribution < -0.4 is 14.8 Å². The molecule has 0 saturated heterocycles. The van der Waals surface area contributed by atoms with E-state index in [0.29, 0.717) is 27.6 Å². The topological polar surface area (TPSA) is 80.7 Å². The highest BCUT2D eigenvalue weighted by Gasteiger charge is 2.18. The van der Waals surface area contributed by atoms with E-state index in [1.807, 2.05) is 0 Å². The summed E-state index contributed by atoms with van der Waals surface area (Å²) in [6.45, 7) is -0.0467. The van der Waals surface area contributed by atoms with Crippen molar-refractivity contribution in [2.45, 2.75) is 6.10 Å². The van der Waals surface area contributed by atoms with Crippen molar-refractivity contribution in [1.82, 2.24) is 10.3 Å². The van der Waals surface area contributed by atoms with E-state index < -0.39 is 17.8 Å². The largest absolute Gasteiger partial charge is 0.497 e. The van der Waals surface area contributed by atoms with Gasteiger partial charge in [0.2, 0.25) is 0 Å². The van der Waals surface area contributed by atoms with Gasteiger partial charge in [-0.15, -0.1) is 11.3 Å². The Balaban J connectivity index is 1.69. The number of rotatable bonds is 7. The SMILES string of the molecule is COc1ccc(OC)c(C(O)CNC(=O)c2csc(-c3ccccc3F)n2)c1. The zero-order valence-corrected chi connectivity index (χ0v) is 16.1. The number of nitrogens with zero attached hydrogens (tertiary/aromatic N) is 1. The van der Waals surface area contributed by atoms with E-state index in [1.54, 1.807) is 41.8 Å². The van der Waals surface area contributed by atoms with Crippen LogP contribution in [0.1, 0.15) is 22.2 Å². The van der Waals surface area contributed by atoms with Crippen molar-refractivity contribution in [2.75, 3.05) is 20.8 Å². The van der Waals surface area contributed by atoms with Crippen LogP contribution in [0.5, 0.6) is 11.5 Å². The lowest BCUT2D eigenvalue weighted by Crippen LogP contribution is -2.28. The van der Waals surface area contributed by atoms with Gasteiger partial charge in [-0.05, 0) is 30.3 Å².